The summed E-state index contributed by atoms with van der Waals surface area (Å²) >= 11 is 7.00. The van der Waals surface area contributed by atoms with E-state index in [2.05, 4.69) is 21.0 Å². The van der Waals surface area contributed by atoms with Gasteiger partial charge < -0.3 is 4.42 Å². The second kappa shape index (κ2) is 9.50. The summed E-state index contributed by atoms with van der Waals surface area (Å²) in [6.45, 7) is 0. The first-order valence-electron chi connectivity index (χ1n) is 9.14. The van der Waals surface area contributed by atoms with Crippen molar-refractivity contribution in [1.82, 2.24) is 25.6 Å². The number of amides is 2. The van der Waals surface area contributed by atoms with Crippen molar-refractivity contribution in [3.05, 3.63) is 83.6 Å². The molecule has 4 rings (SSSR count). The van der Waals surface area contributed by atoms with E-state index in [0.29, 0.717) is 27.3 Å². The normalized spacial score (nSPS) is 10.6. The highest BCUT2D eigenvalue weighted by molar-refractivity contribution is 7.99. The Bertz CT molecular complexity index is 1180. The van der Waals surface area contributed by atoms with E-state index in [1.54, 1.807) is 42.7 Å². The number of benzene rings is 2. The third-order valence-corrected chi connectivity index (χ3v) is 5.32. The zero-order chi connectivity index (χ0) is 21.6. The van der Waals surface area contributed by atoms with Gasteiger partial charge in [0, 0.05) is 16.3 Å². The van der Waals surface area contributed by atoms with Gasteiger partial charge in [-0.2, -0.15) is 0 Å². The molecular formula is C21H16ClN5O3S. The molecule has 0 saturated heterocycles. The van der Waals surface area contributed by atoms with E-state index in [4.69, 9.17) is 16.0 Å². The fraction of sp³-hybridized carbons (Fsp3) is 0.0476. The number of nitrogens with one attached hydrogen (secondary N) is 2. The lowest BCUT2D eigenvalue weighted by Crippen LogP contribution is -2.42. The van der Waals surface area contributed by atoms with Crippen LogP contribution in [0.5, 0.6) is 0 Å². The molecule has 2 N–H and O–H groups in total. The van der Waals surface area contributed by atoms with Gasteiger partial charge in [0.1, 0.15) is 0 Å². The molecular weight excluding hydrogens is 438 g/mol. The van der Waals surface area contributed by atoms with Crippen LogP contribution in [0.3, 0.4) is 0 Å². The van der Waals surface area contributed by atoms with Gasteiger partial charge in [-0.1, -0.05) is 41.6 Å². The summed E-state index contributed by atoms with van der Waals surface area (Å²) in [5, 5.41) is 9.46. The number of aromatic nitrogens is 3. The molecule has 2 heterocycles. The number of thioether (sulfide) groups is 1. The smallest absolute Gasteiger partial charge is 0.269 e. The predicted molar refractivity (Wildman–Crippen MR) is 117 cm³/mol. The third-order valence-electron chi connectivity index (χ3n) is 4.14. The van der Waals surface area contributed by atoms with Crippen molar-refractivity contribution in [2.45, 2.75) is 5.16 Å². The third kappa shape index (κ3) is 4.96. The molecule has 0 fully saturated rings. The fourth-order valence-corrected chi connectivity index (χ4v) is 3.58. The maximum Gasteiger partial charge on any atom is 0.269 e. The Morgan fingerprint density at radius 1 is 0.968 bits per heavy atom. The number of para-hydroxylation sites is 1. The van der Waals surface area contributed by atoms with Crippen molar-refractivity contribution in [1.29, 1.82) is 0 Å². The fourth-order valence-electron chi connectivity index (χ4n) is 2.70. The molecule has 0 radical (unpaired) electrons. The molecule has 0 aliphatic rings. The molecule has 0 spiro atoms. The van der Waals surface area contributed by atoms with Crippen LogP contribution in [-0.4, -0.2) is 32.3 Å². The molecule has 0 atom stereocenters. The average Bonchev–Trinajstić information content (AvgIpc) is 3.47. The lowest BCUT2D eigenvalue weighted by molar-refractivity contribution is -0.119. The standard InChI is InChI=1S/C21H16ClN5O3S/c22-15-10-8-14(9-11-15)20(29)25-23-18(28)13-31-21-26-24-19(17-7-4-12-30-17)27(21)16-5-2-1-3-6-16/h1-12H,13H2,(H,23,28)(H,25,29). The maximum absolute atomic E-state index is 12.2. The lowest BCUT2D eigenvalue weighted by atomic mass is 10.2. The molecule has 0 unspecified atom stereocenters. The van der Waals surface area contributed by atoms with Crippen LogP contribution < -0.4 is 10.9 Å². The first kappa shape index (κ1) is 20.7. The molecule has 31 heavy (non-hydrogen) atoms. The average molecular weight is 454 g/mol. The van der Waals surface area contributed by atoms with Crippen LogP contribution in [0, 0.1) is 0 Å². The van der Waals surface area contributed by atoms with Crippen LogP contribution in [0.4, 0.5) is 0 Å². The Labute approximate surface area is 186 Å². The summed E-state index contributed by atoms with van der Waals surface area (Å²) < 4.78 is 7.28. The van der Waals surface area contributed by atoms with Crippen LogP contribution in [0.1, 0.15) is 10.4 Å². The van der Waals surface area contributed by atoms with Crippen LogP contribution in [0.2, 0.25) is 5.02 Å². The van der Waals surface area contributed by atoms with Gasteiger partial charge in [0.25, 0.3) is 5.91 Å². The molecule has 10 heteroatoms. The second-order valence-corrected chi connectivity index (χ2v) is 7.63. The number of hydrogen-bond acceptors (Lipinski definition) is 6. The highest BCUT2D eigenvalue weighted by Gasteiger charge is 2.19. The molecule has 0 saturated carbocycles. The molecule has 0 aliphatic heterocycles. The van der Waals surface area contributed by atoms with Crippen molar-refractivity contribution in [2.24, 2.45) is 0 Å². The Morgan fingerprint density at radius 3 is 2.45 bits per heavy atom. The highest BCUT2D eigenvalue weighted by Crippen LogP contribution is 2.28. The monoisotopic (exact) mass is 453 g/mol. The van der Waals surface area contributed by atoms with Gasteiger partial charge >= 0.3 is 0 Å². The summed E-state index contributed by atoms with van der Waals surface area (Å²) in [5.41, 5.74) is 5.98. The molecule has 2 aromatic heterocycles. The number of rotatable bonds is 6. The summed E-state index contributed by atoms with van der Waals surface area (Å²) in [7, 11) is 0. The predicted octanol–water partition coefficient (Wildman–Crippen LogP) is 3.73. The largest absolute Gasteiger partial charge is 0.461 e. The van der Waals surface area contributed by atoms with Crippen LogP contribution >= 0.6 is 23.4 Å². The minimum atomic E-state index is -0.442. The Hall–Kier alpha value is -3.56. The maximum atomic E-state index is 12.2. The molecule has 2 aromatic carbocycles. The minimum Gasteiger partial charge on any atom is -0.461 e. The number of furan rings is 1. The number of halogens is 1. The Kier molecular flexibility index (Phi) is 6.34. The topological polar surface area (TPSA) is 102 Å². The van der Waals surface area contributed by atoms with Gasteiger partial charge in [0.05, 0.1) is 12.0 Å². The molecule has 2 amide bonds. The van der Waals surface area contributed by atoms with Gasteiger partial charge in [-0.15, -0.1) is 10.2 Å². The van der Waals surface area contributed by atoms with Gasteiger partial charge in [0.2, 0.25) is 11.7 Å². The molecule has 0 aliphatic carbocycles. The molecule has 4 aromatic rings. The molecule has 156 valence electrons. The Balaban J connectivity index is 1.43. The van der Waals surface area contributed by atoms with E-state index in [1.807, 2.05) is 34.9 Å². The van der Waals surface area contributed by atoms with Crippen molar-refractivity contribution in [2.75, 3.05) is 5.75 Å². The lowest BCUT2D eigenvalue weighted by Gasteiger charge is -2.10. The number of carbonyl (C=O) groups is 2. The summed E-state index contributed by atoms with van der Waals surface area (Å²) in [4.78, 5) is 24.3. The minimum absolute atomic E-state index is 0.0179. The van der Waals surface area contributed by atoms with Crippen LogP contribution in [0.25, 0.3) is 17.3 Å². The van der Waals surface area contributed by atoms with Gasteiger partial charge in [-0.05, 0) is 48.5 Å². The SMILES string of the molecule is O=C(CSc1nnc(-c2ccco2)n1-c1ccccc1)NNC(=O)c1ccc(Cl)cc1. The summed E-state index contributed by atoms with van der Waals surface area (Å²) in [6, 6.07) is 19.4. The number of hydrogen-bond donors (Lipinski definition) is 2. The van der Waals surface area contributed by atoms with Gasteiger partial charge in [0.15, 0.2) is 10.9 Å². The van der Waals surface area contributed by atoms with E-state index in [0.717, 1.165) is 5.69 Å². The zero-order valence-electron chi connectivity index (χ0n) is 16.0. The second-order valence-electron chi connectivity index (χ2n) is 6.25. The van der Waals surface area contributed by atoms with Crippen molar-refractivity contribution >= 4 is 35.2 Å². The van der Waals surface area contributed by atoms with E-state index >= 15 is 0 Å². The number of nitrogens with zero attached hydrogens (tertiary/aromatic N) is 3. The quantitative estimate of drug-likeness (QED) is 0.340. The van der Waals surface area contributed by atoms with E-state index in [9.17, 15) is 9.59 Å². The molecule has 8 nitrogen and oxygen atoms in total. The van der Waals surface area contributed by atoms with Gasteiger partial charge in [-0.25, -0.2) is 0 Å². The van der Waals surface area contributed by atoms with Crippen LogP contribution in [0.15, 0.2) is 82.6 Å². The highest BCUT2D eigenvalue weighted by atomic mass is 35.5. The summed E-state index contributed by atoms with van der Waals surface area (Å²) in [6.07, 6.45) is 1.56. The van der Waals surface area contributed by atoms with E-state index in [-0.39, 0.29) is 5.75 Å². The van der Waals surface area contributed by atoms with Crippen molar-refractivity contribution < 1.29 is 14.0 Å². The zero-order valence-corrected chi connectivity index (χ0v) is 17.6. The molecule has 0 bridgehead atoms. The van der Waals surface area contributed by atoms with Crippen molar-refractivity contribution in [3.63, 3.8) is 0 Å². The summed E-state index contributed by atoms with van der Waals surface area (Å²) in [5.74, 6) is 0.263. The number of hydrazine groups is 1. The number of carbonyl (C=O) groups excluding carboxylic acids is 2. The Morgan fingerprint density at radius 2 is 1.74 bits per heavy atom. The van der Waals surface area contributed by atoms with Gasteiger partial charge in [-0.3, -0.25) is 25.0 Å². The van der Waals surface area contributed by atoms with Crippen molar-refractivity contribution in [3.8, 4) is 17.3 Å². The van der Waals surface area contributed by atoms with E-state index in [1.165, 1.54) is 11.8 Å². The van der Waals surface area contributed by atoms with Crippen LogP contribution in [-0.2, 0) is 4.79 Å². The first-order chi connectivity index (χ1) is 15.1. The first-order valence-corrected chi connectivity index (χ1v) is 10.5. The van der Waals surface area contributed by atoms with E-state index < -0.39 is 11.8 Å².